The van der Waals surface area contributed by atoms with Crippen molar-refractivity contribution in [1.82, 2.24) is 14.9 Å². The highest BCUT2D eigenvalue weighted by Gasteiger charge is 2.20. The number of nitrogens with zero attached hydrogens (tertiary/aromatic N) is 2. The van der Waals surface area contributed by atoms with Gasteiger partial charge in [-0.25, -0.2) is 4.98 Å². The highest BCUT2D eigenvalue weighted by atomic mass is 16.5. The number of methoxy groups -OCH3 is 1. The Morgan fingerprint density at radius 1 is 1.16 bits per heavy atom. The summed E-state index contributed by atoms with van der Waals surface area (Å²) < 4.78 is 5.34. The maximum Gasteiger partial charge on any atom is 0.254 e. The molecule has 31 heavy (non-hydrogen) atoms. The van der Waals surface area contributed by atoms with Crippen LogP contribution in [-0.2, 0) is 29.1 Å². The van der Waals surface area contributed by atoms with E-state index in [2.05, 4.69) is 37.0 Å². The van der Waals surface area contributed by atoms with E-state index in [-0.39, 0.29) is 24.0 Å². The molecule has 1 amide bonds. The lowest BCUT2D eigenvalue weighted by Crippen LogP contribution is -2.36. The summed E-state index contributed by atoms with van der Waals surface area (Å²) in [4.78, 5) is 35.2. The molecule has 0 aliphatic heterocycles. The van der Waals surface area contributed by atoms with Crippen LogP contribution in [0.1, 0.15) is 67.9 Å². The van der Waals surface area contributed by atoms with Gasteiger partial charge in [0.2, 0.25) is 5.91 Å². The lowest BCUT2D eigenvalue weighted by atomic mass is 9.98. The van der Waals surface area contributed by atoms with E-state index in [1.165, 1.54) is 0 Å². The number of aromatic nitrogens is 2. The number of carbonyl (C=O) groups excluding carboxylic acids is 1. The summed E-state index contributed by atoms with van der Waals surface area (Å²) in [6, 6.07) is 6.24. The molecule has 6 heteroatoms. The van der Waals surface area contributed by atoms with E-state index < -0.39 is 0 Å². The van der Waals surface area contributed by atoms with E-state index in [1.807, 2.05) is 27.7 Å². The zero-order chi connectivity index (χ0) is 23.1. The predicted molar refractivity (Wildman–Crippen MR) is 124 cm³/mol. The third-order valence-corrected chi connectivity index (χ3v) is 5.16. The van der Waals surface area contributed by atoms with Crippen LogP contribution in [0.4, 0.5) is 0 Å². The minimum absolute atomic E-state index is 0.0825. The molecule has 0 fully saturated rings. The van der Waals surface area contributed by atoms with Crippen molar-refractivity contribution in [1.29, 1.82) is 0 Å². The number of rotatable bonds is 10. The molecule has 6 nitrogen and oxygen atoms in total. The molecule has 1 heterocycles. The van der Waals surface area contributed by atoms with Crippen LogP contribution in [0.25, 0.3) is 0 Å². The smallest absolute Gasteiger partial charge is 0.254 e. The van der Waals surface area contributed by atoms with Crippen molar-refractivity contribution < 1.29 is 9.53 Å². The summed E-state index contributed by atoms with van der Waals surface area (Å²) >= 11 is 0. The van der Waals surface area contributed by atoms with Gasteiger partial charge in [-0.15, -0.1) is 0 Å². The third kappa shape index (κ3) is 7.31. The number of aryl methyl sites for hydroxylation is 2. The Morgan fingerprint density at radius 2 is 1.87 bits per heavy atom. The lowest BCUT2D eigenvalue weighted by molar-refractivity contribution is -0.133. The summed E-state index contributed by atoms with van der Waals surface area (Å²) in [7, 11) is 1.60. The van der Waals surface area contributed by atoms with E-state index in [0.717, 1.165) is 16.7 Å². The molecular formula is C25H37N3O3. The second kappa shape index (κ2) is 11.2. The Morgan fingerprint density at radius 3 is 2.48 bits per heavy atom. The largest absolute Gasteiger partial charge is 0.378 e. The zero-order valence-corrected chi connectivity index (χ0v) is 20.0. The van der Waals surface area contributed by atoms with Gasteiger partial charge in [0, 0.05) is 32.1 Å². The molecule has 0 unspecified atom stereocenters. The van der Waals surface area contributed by atoms with Crippen LogP contribution in [0, 0.1) is 25.7 Å². The fraction of sp³-hybridized carbons (Fsp3) is 0.560. The molecule has 0 saturated carbocycles. The van der Waals surface area contributed by atoms with Crippen molar-refractivity contribution >= 4 is 5.91 Å². The van der Waals surface area contributed by atoms with Gasteiger partial charge in [-0.2, -0.15) is 0 Å². The minimum atomic E-state index is -0.168. The van der Waals surface area contributed by atoms with Crippen LogP contribution in [0.3, 0.4) is 0 Å². The lowest BCUT2D eigenvalue weighted by Gasteiger charge is -2.25. The first-order valence-electron chi connectivity index (χ1n) is 11.0. The molecule has 0 aliphatic carbocycles. The Hall–Kier alpha value is -2.47. The van der Waals surface area contributed by atoms with Crippen LogP contribution in [0.15, 0.2) is 23.0 Å². The van der Waals surface area contributed by atoms with Crippen molar-refractivity contribution in [3.05, 3.63) is 62.3 Å². The normalized spacial score (nSPS) is 11.4. The van der Waals surface area contributed by atoms with Gasteiger partial charge in [0.05, 0.1) is 18.8 Å². The van der Waals surface area contributed by atoms with Gasteiger partial charge >= 0.3 is 0 Å². The van der Waals surface area contributed by atoms with E-state index in [0.29, 0.717) is 48.9 Å². The molecule has 0 aliphatic rings. The van der Waals surface area contributed by atoms with Crippen LogP contribution < -0.4 is 5.56 Å². The maximum atomic E-state index is 13.0. The molecular weight excluding hydrogens is 390 g/mol. The number of hydrogen-bond donors (Lipinski definition) is 1. The summed E-state index contributed by atoms with van der Waals surface area (Å²) in [5.41, 5.74) is 4.47. The van der Waals surface area contributed by atoms with Gasteiger partial charge in [-0.05, 0) is 36.8 Å². The number of benzene rings is 1. The standard InChI is InChI=1S/C25H37N3O3/c1-16(2)10-24(29)28(13-17(3)4)14-23-26-22(15-31-7)21(25(30)27-23)12-20-11-18(5)8-9-19(20)6/h8-9,11,16-17H,10,12-15H2,1-7H3,(H,26,27,30). The van der Waals surface area contributed by atoms with Crippen LogP contribution in [0.2, 0.25) is 0 Å². The minimum Gasteiger partial charge on any atom is -0.378 e. The molecule has 0 radical (unpaired) electrons. The molecule has 1 aromatic heterocycles. The number of ether oxygens (including phenoxy) is 1. The number of amides is 1. The molecule has 2 rings (SSSR count). The Labute approximate surface area is 186 Å². The molecule has 1 N–H and O–H groups in total. The predicted octanol–water partition coefficient (Wildman–Crippen LogP) is 4.15. The third-order valence-electron chi connectivity index (χ3n) is 5.16. The van der Waals surface area contributed by atoms with Crippen molar-refractivity contribution in [2.75, 3.05) is 13.7 Å². The summed E-state index contributed by atoms with van der Waals surface area (Å²) in [6.07, 6.45) is 0.976. The van der Waals surface area contributed by atoms with Crippen molar-refractivity contribution in [3.8, 4) is 0 Å². The summed E-state index contributed by atoms with van der Waals surface area (Å²) in [5, 5.41) is 0. The fourth-order valence-corrected chi connectivity index (χ4v) is 3.64. The quantitative estimate of drug-likeness (QED) is 0.618. The molecule has 2 aromatic rings. The zero-order valence-electron chi connectivity index (χ0n) is 20.0. The molecule has 0 bridgehead atoms. The first kappa shape index (κ1) is 24.8. The first-order valence-corrected chi connectivity index (χ1v) is 11.0. The number of hydrogen-bond acceptors (Lipinski definition) is 4. The van der Waals surface area contributed by atoms with E-state index in [9.17, 15) is 9.59 Å². The maximum absolute atomic E-state index is 13.0. The monoisotopic (exact) mass is 427 g/mol. The van der Waals surface area contributed by atoms with Gasteiger partial charge in [0.1, 0.15) is 5.82 Å². The Balaban J connectivity index is 2.38. The topological polar surface area (TPSA) is 75.3 Å². The van der Waals surface area contributed by atoms with Crippen molar-refractivity contribution in [2.45, 2.75) is 67.5 Å². The summed E-state index contributed by atoms with van der Waals surface area (Å²) in [5.74, 6) is 1.18. The summed E-state index contributed by atoms with van der Waals surface area (Å²) in [6.45, 7) is 13.5. The number of nitrogens with one attached hydrogen (secondary N) is 1. The molecule has 170 valence electrons. The first-order chi connectivity index (χ1) is 14.6. The van der Waals surface area contributed by atoms with Crippen LogP contribution in [-0.4, -0.2) is 34.4 Å². The Bertz CT molecular complexity index is 948. The van der Waals surface area contributed by atoms with Crippen molar-refractivity contribution in [2.24, 2.45) is 11.8 Å². The molecule has 0 saturated heterocycles. The van der Waals surface area contributed by atoms with Gasteiger partial charge < -0.3 is 14.6 Å². The molecule has 1 aromatic carbocycles. The van der Waals surface area contributed by atoms with Crippen molar-refractivity contribution in [3.63, 3.8) is 0 Å². The van der Waals surface area contributed by atoms with Gasteiger partial charge in [-0.3, -0.25) is 9.59 Å². The van der Waals surface area contributed by atoms with E-state index in [1.54, 1.807) is 12.0 Å². The SMILES string of the molecule is COCc1nc(CN(CC(C)C)C(=O)CC(C)C)[nH]c(=O)c1Cc1cc(C)ccc1C. The number of H-pyrrole nitrogens is 1. The van der Waals surface area contributed by atoms with Gasteiger partial charge in [0.25, 0.3) is 5.56 Å². The highest BCUT2D eigenvalue weighted by Crippen LogP contribution is 2.17. The molecule has 0 atom stereocenters. The van der Waals surface area contributed by atoms with E-state index >= 15 is 0 Å². The number of aromatic amines is 1. The number of carbonyl (C=O) groups is 1. The van der Waals surface area contributed by atoms with Gasteiger partial charge in [0.15, 0.2) is 0 Å². The van der Waals surface area contributed by atoms with Crippen LogP contribution >= 0.6 is 0 Å². The fourth-order valence-electron chi connectivity index (χ4n) is 3.64. The second-order valence-electron chi connectivity index (χ2n) is 9.24. The average Bonchev–Trinajstić information content (AvgIpc) is 2.66. The average molecular weight is 428 g/mol. The van der Waals surface area contributed by atoms with E-state index in [4.69, 9.17) is 9.72 Å². The Kier molecular flexibility index (Phi) is 8.99. The van der Waals surface area contributed by atoms with Gasteiger partial charge in [-0.1, -0.05) is 51.5 Å². The highest BCUT2D eigenvalue weighted by molar-refractivity contribution is 5.76. The second-order valence-corrected chi connectivity index (χ2v) is 9.24. The van der Waals surface area contributed by atoms with Crippen LogP contribution in [0.5, 0.6) is 0 Å². The molecule has 0 spiro atoms.